The molecule has 1 heterocycles. The first-order valence-electron chi connectivity index (χ1n) is 7.02. The summed E-state index contributed by atoms with van der Waals surface area (Å²) in [5.74, 6) is 1.86. The van der Waals surface area contributed by atoms with Crippen LogP contribution in [0.25, 0.3) is 0 Å². The number of aromatic nitrogens is 2. The molecule has 1 aromatic rings. The third kappa shape index (κ3) is 2.60. The summed E-state index contributed by atoms with van der Waals surface area (Å²) in [6.07, 6.45) is 5.03. The molecule has 2 unspecified atom stereocenters. The fourth-order valence-electron chi connectivity index (χ4n) is 3.29. The molecule has 2 rings (SSSR count). The molecule has 1 aliphatic rings. The van der Waals surface area contributed by atoms with Crippen molar-refractivity contribution in [2.75, 3.05) is 11.9 Å². The topological polar surface area (TPSA) is 70.9 Å². The van der Waals surface area contributed by atoms with Crippen LogP contribution in [0.15, 0.2) is 0 Å². The molecule has 1 aromatic heterocycles. The Kier molecular flexibility index (Phi) is 3.83. The van der Waals surface area contributed by atoms with Crippen LogP contribution in [-0.2, 0) is 7.05 Å². The average Bonchev–Trinajstić information content (AvgIpc) is 2.63. The minimum Gasteiger partial charge on any atom is -0.384 e. The minimum atomic E-state index is 0.108. The monoisotopic (exact) mass is 263 g/mol. The minimum absolute atomic E-state index is 0.108. The van der Waals surface area contributed by atoms with Crippen LogP contribution in [0.5, 0.6) is 0 Å². The van der Waals surface area contributed by atoms with Gasteiger partial charge in [0.25, 0.3) is 0 Å². The number of rotatable bonds is 3. The maximum atomic E-state index is 7.78. The molecule has 5 nitrogen and oxygen atoms in total. The third-order valence-corrected chi connectivity index (χ3v) is 4.25. The van der Waals surface area contributed by atoms with Gasteiger partial charge in [0.05, 0.1) is 11.3 Å². The molecule has 1 saturated carbocycles. The number of aryl methyl sites for hydroxylation is 2. The fourth-order valence-corrected chi connectivity index (χ4v) is 3.29. The number of nitrogens with two attached hydrogens (primary N) is 1. The Morgan fingerprint density at radius 3 is 2.74 bits per heavy atom. The zero-order valence-corrected chi connectivity index (χ0v) is 12.4. The maximum Gasteiger partial charge on any atom is 0.137 e. The standard InChI is InChI=1S/C14H25N5/c1-9-6-5-7-11(8-9)18(3)14-12(13(15)16)10(2)17-19(14)4/h9,11H,5-8H2,1-4H3,(H3,15,16). The normalized spacial score (nSPS) is 23.4. The molecule has 19 heavy (non-hydrogen) atoms. The molecular formula is C14H25N5. The molecule has 1 fully saturated rings. The lowest BCUT2D eigenvalue weighted by Gasteiger charge is -2.35. The largest absolute Gasteiger partial charge is 0.384 e. The third-order valence-electron chi connectivity index (χ3n) is 4.25. The number of amidine groups is 1. The van der Waals surface area contributed by atoms with Crippen molar-refractivity contribution in [1.82, 2.24) is 9.78 Å². The summed E-state index contributed by atoms with van der Waals surface area (Å²) in [6, 6.07) is 0.525. The highest BCUT2D eigenvalue weighted by Crippen LogP contribution is 2.31. The van der Waals surface area contributed by atoms with Gasteiger partial charge >= 0.3 is 0 Å². The summed E-state index contributed by atoms with van der Waals surface area (Å²) in [4.78, 5) is 2.27. The van der Waals surface area contributed by atoms with Crippen LogP contribution in [0.3, 0.4) is 0 Å². The van der Waals surface area contributed by atoms with E-state index in [4.69, 9.17) is 11.1 Å². The lowest BCUT2D eigenvalue weighted by molar-refractivity contribution is 0.334. The van der Waals surface area contributed by atoms with Crippen molar-refractivity contribution in [3.05, 3.63) is 11.3 Å². The van der Waals surface area contributed by atoms with Crippen molar-refractivity contribution in [2.24, 2.45) is 18.7 Å². The van der Waals surface area contributed by atoms with Gasteiger partial charge < -0.3 is 10.6 Å². The Labute approximate surface area is 115 Å². The molecule has 1 aliphatic carbocycles. The molecule has 0 aliphatic heterocycles. The molecule has 2 atom stereocenters. The summed E-state index contributed by atoms with van der Waals surface area (Å²) in [6.45, 7) is 4.23. The van der Waals surface area contributed by atoms with Crippen LogP contribution in [-0.4, -0.2) is 28.7 Å². The predicted molar refractivity (Wildman–Crippen MR) is 78.8 cm³/mol. The first-order valence-corrected chi connectivity index (χ1v) is 7.02. The Morgan fingerprint density at radius 1 is 1.47 bits per heavy atom. The average molecular weight is 263 g/mol. The molecule has 0 bridgehead atoms. The van der Waals surface area contributed by atoms with Gasteiger partial charge in [0.2, 0.25) is 0 Å². The second kappa shape index (κ2) is 5.23. The summed E-state index contributed by atoms with van der Waals surface area (Å²) in [5.41, 5.74) is 7.34. The van der Waals surface area contributed by atoms with Crippen LogP contribution in [0.1, 0.15) is 43.9 Å². The Hall–Kier alpha value is -1.52. The number of hydrogen-bond acceptors (Lipinski definition) is 3. The molecule has 0 aromatic carbocycles. The zero-order valence-electron chi connectivity index (χ0n) is 12.4. The maximum absolute atomic E-state index is 7.78. The predicted octanol–water partition coefficient (Wildman–Crippen LogP) is 2.03. The van der Waals surface area contributed by atoms with Crippen molar-refractivity contribution in [3.63, 3.8) is 0 Å². The van der Waals surface area contributed by atoms with E-state index >= 15 is 0 Å². The van der Waals surface area contributed by atoms with Crippen LogP contribution >= 0.6 is 0 Å². The Morgan fingerprint density at radius 2 is 2.16 bits per heavy atom. The van der Waals surface area contributed by atoms with Gasteiger partial charge in [-0.15, -0.1) is 0 Å². The van der Waals surface area contributed by atoms with E-state index in [1.54, 1.807) is 0 Å². The van der Waals surface area contributed by atoms with Gasteiger partial charge in [0.15, 0.2) is 0 Å². The van der Waals surface area contributed by atoms with E-state index in [2.05, 4.69) is 24.0 Å². The van der Waals surface area contributed by atoms with Crippen molar-refractivity contribution >= 4 is 11.7 Å². The molecule has 106 valence electrons. The molecule has 3 N–H and O–H groups in total. The Bertz CT molecular complexity index is 476. The van der Waals surface area contributed by atoms with Crippen molar-refractivity contribution in [2.45, 2.75) is 45.6 Å². The lowest BCUT2D eigenvalue weighted by Crippen LogP contribution is -2.37. The molecule has 0 radical (unpaired) electrons. The summed E-state index contributed by atoms with van der Waals surface area (Å²) in [5, 5.41) is 12.2. The number of nitrogen functional groups attached to an aromatic ring is 1. The summed E-state index contributed by atoms with van der Waals surface area (Å²) < 4.78 is 1.85. The van der Waals surface area contributed by atoms with Crippen molar-refractivity contribution in [3.8, 4) is 0 Å². The van der Waals surface area contributed by atoms with Crippen molar-refractivity contribution in [1.29, 1.82) is 5.41 Å². The van der Waals surface area contributed by atoms with E-state index < -0.39 is 0 Å². The molecular weight excluding hydrogens is 238 g/mol. The second-order valence-corrected chi connectivity index (χ2v) is 5.86. The van der Waals surface area contributed by atoms with E-state index in [0.29, 0.717) is 6.04 Å². The van der Waals surface area contributed by atoms with E-state index in [1.807, 2.05) is 18.7 Å². The first kappa shape index (κ1) is 13.9. The van der Waals surface area contributed by atoms with Crippen LogP contribution in [0.2, 0.25) is 0 Å². The zero-order chi connectivity index (χ0) is 14.2. The van der Waals surface area contributed by atoms with Crippen LogP contribution in [0.4, 0.5) is 5.82 Å². The van der Waals surface area contributed by atoms with Gasteiger partial charge in [-0.3, -0.25) is 10.1 Å². The van der Waals surface area contributed by atoms with Gasteiger partial charge in [0.1, 0.15) is 11.7 Å². The van der Waals surface area contributed by atoms with Gasteiger partial charge in [-0.05, 0) is 25.7 Å². The highest BCUT2D eigenvalue weighted by Gasteiger charge is 2.27. The van der Waals surface area contributed by atoms with Gasteiger partial charge in [-0.25, -0.2) is 0 Å². The van der Waals surface area contributed by atoms with E-state index in [1.165, 1.54) is 25.7 Å². The first-order chi connectivity index (χ1) is 8.91. The summed E-state index contributed by atoms with van der Waals surface area (Å²) in [7, 11) is 4.03. The number of hydrogen-bond donors (Lipinski definition) is 2. The highest BCUT2D eigenvalue weighted by molar-refractivity contribution is 6.00. The summed E-state index contributed by atoms with van der Waals surface area (Å²) >= 11 is 0. The number of nitrogens with one attached hydrogen (secondary N) is 1. The number of anilines is 1. The van der Waals surface area contributed by atoms with E-state index in [-0.39, 0.29) is 5.84 Å². The van der Waals surface area contributed by atoms with Gasteiger partial charge in [-0.1, -0.05) is 19.8 Å². The van der Waals surface area contributed by atoms with Gasteiger partial charge in [-0.2, -0.15) is 5.10 Å². The van der Waals surface area contributed by atoms with Crippen molar-refractivity contribution < 1.29 is 0 Å². The fraction of sp³-hybridized carbons (Fsp3) is 0.714. The molecule has 5 heteroatoms. The van der Waals surface area contributed by atoms with Gasteiger partial charge in [0, 0.05) is 20.1 Å². The van der Waals surface area contributed by atoms with E-state index in [9.17, 15) is 0 Å². The van der Waals surface area contributed by atoms with E-state index in [0.717, 1.165) is 23.0 Å². The molecule has 0 amide bonds. The molecule has 0 saturated heterocycles. The van der Waals surface area contributed by atoms with Crippen LogP contribution < -0.4 is 10.6 Å². The Balaban J connectivity index is 2.32. The molecule has 0 spiro atoms. The number of nitrogens with zero attached hydrogens (tertiary/aromatic N) is 3. The quantitative estimate of drug-likeness (QED) is 0.647. The second-order valence-electron chi connectivity index (χ2n) is 5.86. The SMILES string of the molecule is Cc1nn(C)c(N(C)C2CCCC(C)C2)c1C(=N)N. The lowest BCUT2D eigenvalue weighted by atomic mass is 9.86. The van der Waals surface area contributed by atoms with Crippen LogP contribution in [0, 0.1) is 18.3 Å². The highest BCUT2D eigenvalue weighted by atomic mass is 15.4. The smallest absolute Gasteiger partial charge is 0.137 e.